The highest BCUT2D eigenvalue weighted by Crippen LogP contribution is 2.22. The normalized spacial score (nSPS) is 10.7. The Balaban J connectivity index is 2.10. The van der Waals surface area contributed by atoms with Gasteiger partial charge in [0, 0.05) is 24.2 Å². The number of ketones is 1. The lowest BCUT2D eigenvalue weighted by atomic mass is 10.1. The van der Waals surface area contributed by atoms with Gasteiger partial charge in [0.15, 0.2) is 5.78 Å². The highest BCUT2D eigenvalue weighted by Gasteiger charge is 2.21. The van der Waals surface area contributed by atoms with E-state index in [2.05, 4.69) is 5.32 Å². The lowest BCUT2D eigenvalue weighted by Gasteiger charge is -2.23. The molecule has 2 aromatic rings. The molecule has 2 aromatic carbocycles. The number of benzene rings is 2. The van der Waals surface area contributed by atoms with Crippen LogP contribution in [0.3, 0.4) is 0 Å². The molecule has 0 fully saturated rings. The van der Waals surface area contributed by atoms with E-state index in [0.29, 0.717) is 11.3 Å². The molecule has 2 rings (SSSR count). The summed E-state index contributed by atoms with van der Waals surface area (Å²) < 4.78 is 25.3. The largest absolute Gasteiger partial charge is 0.326 e. The Labute approximate surface area is 158 Å². The maximum atomic E-state index is 12.2. The molecule has 0 bridgehead atoms. The summed E-state index contributed by atoms with van der Waals surface area (Å²) in [5, 5.41) is 11.9. The quantitative estimate of drug-likeness (QED) is 0.737. The Hall–Kier alpha value is -3.18. The van der Waals surface area contributed by atoms with Gasteiger partial charge < -0.3 is 5.32 Å². The zero-order valence-electron chi connectivity index (χ0n) is 15.0. The van der Waals surface area contributed by atoms with Crippen molar-refractivity contribution in [1.82, 2.24) is 0 Å². The van der Waals surface area contributed by atoms with Crippen LogP contribution in [-0.4, -0.2) is 32.9 Å². The molecule has 27 heavy (non-hydrogen) atoms. The van der Waals surface area contributed by atoms with Crippen LogP contribution in [0.1, 0.15) is 29.3 Å². The number of sulfonamides is 1. The first-order valence-corrected chi connectivity index (χ1v) is 9.95. The second kappa shape index (κ2) is 8.47. The number of nitrogens with zero attached hydrogens (tertiary/aromatic N) is 2. The van der Waals surface area contributed by atoms with Crippen molar-refractivity contribution >= 4 is 33.1 Å². The predicted molar refractivity (Wildman–Crippen MR) is 103 cm³/mol. The fraction of sp³-hybridized carbons (Fsp3) is 0.211. The molecular formula is C19H19N3O4S. The number of nitriles is 1. The Morgan fingerprint density at radius 1 is 1.11 bits per heavy atom. The van der Waals surface area contributed by atoms with E-state index in [-0.39, 0.29) is 35.9 Å². The second-order valence-corrected chi connectivity index (χ2v) is 7.80. The van der Waals surface area contributed by atoms with E-state index in [1.54, 1.807) is 36.4 Å². The van der Waals surface area contributed by atoms with Crippen molar-refractivity contribution in [2.75, 3.05) is 22.4 Å². The van der Waals surface area contributed by atoms with Crippen LogP contribution in [0.15, 0.2) is 48.5 Å². The van der Waals surface area contributed by atoms with Gasteiger partial charge in [0.2, 0.25) is 15.9 Å². The molecule has 140 valence electrons. The van der Waals surface area contributed by atoms with Crippen molar-refractivity contribution in [2.24, 2.45) is 0 Å². The van der Waals surface area contributed by atoms with Gasteiger partial charge in [-0.2, -0.15) is 5.26 Å². The van der Waals surface area contributed by atoms with Gasteiger partial charge in [-0.25, -0.2) is 8.42 Å². The van der Waals surface area contributed by atoms with E-state index in [4.69, 9.17) is 0 Å². The van der Waals surface area contributed by atoms with Crippen molar-refractivity contribution in [1.29, 1.82) is 5.26 Å². The molecule has 1 amide bonds. The first-order chi connectivity index (χ1) is 12.7. The van der Waals surface area contributed by atoms with Crippen molar-refractivity contribution < 1.29 is 18.0 Å². The summed E-state index contributed by atoms with van der Waals surface area (Å²) in [6.45, 7) is 1.35. The van der Waals surface area contributed by atoms with Crippen molar-refractivity contribution in [2.45, 2.75) is 13.3 Å². The van der Waals surface area contributed by atoms with Crippen LogP contribution in [-0.2, 0) is 14.8 Å². The minimum absolute atomic E-state index is 0.0761. The number of amides is 1. The molecule has 0 aromatic heterocycles. The van der Waals surface area contributed by atoms with E-state index < -0.39 is 10.0 Å². The predicted octanol–water partition coefficient (Wildman–Crippen LogP) is 2.56. The smallest absolute Gasteiger partial charge is 0.232 e. The van der Waals surface area contributed by atoms with E-state index >= 15 is 0 Å². The van der Waals surface area contributed by atoms with Crippen LogP contribution in [0.4, 0.5) is 11.4 Å². The number of para-hydroxylation sites is 1. The third kappa shape index (κ3) is 5.39. The van der Waals surface area contributed by atoms with Crippen molar-refractivity contribution in [3.05, 3.63) is 59.7 Å². The van der Waals surface area contributed by atoms with Gasteiger partial charge in [0.1, 0.15) is 6.07 Å². The summed E-state index contributed by atoms with van der Waals surface area (Å²) in [6.07, 6.45) is 0.931. The molecular weight excluding hydrogens is 366 g/mol. The summed E-state index contributed by atoms with van der Waals surface area (Å²) in [5.74, 6) is -0.457. The molecule has 0 atom stereocenters. The van der Waals surface area contributed by atoms with Gasteiger partial charge in [-0.05, 0) is 43.3 Å². The fourth-order valence-electron chi connectivity index (χ4n) is 2.47. The van der Waals surface area contributed by atoms with Crippen molar-refractivity contribution in [3.8, 4) is 6.07 Å². The molecule has 8 heteroatoms. The van der Waals surface area contributed by atoms with Gasteiger partial charge in [-0.3, -0.25) is 13.9 Å². The number of hydrogen-bond donors (Lipinski definition) is 1. The monoisotopic (exact) mass is 385 g/mol. The molecule has 1 N–H and O–H groups in total. The van der Waals surface area contributed by atoms with E-state index in [1.807, 2.05) is 6.07 Å². The van der Waals surface area contributed by atoms with Gasteiger partial charge in [-0.15, -0.1) is 0 Å². The first-order valence-electron chi connectivity index (χ1n) is 8.10. The Kier molecular flexibility index (Phi) is 6.32. The van der Waals surface area contributed by atoms with Crippen LogP contribution in [0.2, 0.25) is 0 Å². The molecule has 0 aliphatic heterocycles. The zero-order valence-corrected chi connectivity index (χ0v) is 15.8. The van der Waals surface area contributed by atoms with E-state index in [1.165, 1.54) is 19.1 Å². The lowest BCUT2D eigenvalue weighted by Crippen LogP contribution is -2.33. The van der Waals surface area contributed by atoms with Crippen LogP contribution in [0.25, 0.3) is 0 Å². The van der Waals surface area contributed by atoms with Crippen LogP contribution in [0, 0.1) is 11.3 Å². The maximum absolute atomic E-state index is 12.2. The minimum Gasteiger partial charge on any atom is -0.326 e. The first kappa shape index (κ1) is 20.1. The number of anilines is 2. The average molecular weight is 385 g/mol. The molecule has 0 spiro atoms. The fourth-order valence-corrected chi connectivity index (χ4v) is 3.40. The third-order valence-electron chi connectivity index (χ3n) is 3.81. The maximum Gasteiger partial charge on any atom is 0.232 e. The van der Waals surface area contributed by atoms with E-state index in [9.17, 15) is 23.3 Å². The molecule has 0 radical (unpaired) electrons. The van der Waals surface area contributed by atoms with Crippen LogP contribution >= 0.6 is 0 Å². The number of carbonyl (C=O) groups excluding carboxylic acids is 2. The SMILES string of the molecule is CC(=O)c1ccc(NC(=O)CCN(c2ccccc2C#N)S(C)(=O)=O)cc1. The van der Waals surface area contributed by atoms with Crippen molar-refractivity contribution in [3.63, 3.8) is 0 Å². The van der Waals surface area contributed by atoms with E-state index in [0.717, 1.165) is 10.6 Å². The number of nitrogens with one attached hydrogen (secondary N) is 1. The Morgan fingerprint density at radius 3 is 2.30 bits per heavy atom. The summed E-state index contributed by atoms with van der Waals surface area (Å²) in [6, 6.07) is 14.7. The number of Topliss-reactive ketones (excluding diaryl/α,β-unsaturated/α-hetero) is 1. The number of rotatable bonds is 7. The molecule has 0 aliphatic carbocycles. The lowest BCUT2D eigenvalue weighted by molar-refractivity contribution is -0.116. The molecule has 0 aliphatic rings. The van der Waals surface area contributed by atoms with Gasteiger partial charge in [0.05, 0.1) is 17.5 Å². The summed E-state index contributed by atoms with van der Waals surface area (Å²) in [7, 11) is -3.67. The molecule has 0 saturated heterocycles. The van der Waals surface area contributed by atoms with Crippen LogP contribution in [0.5, 0.6) is 0 Å². The summed E-state index contributed by atoms with van der Waals surface area (Å²) in [4.78, 5) is 23.4. The van der Waals surface area contributed by atoms with Gasteiger partial charge in [0.25, 0.3) is 0 Å². The van der Waals surface area contributed by atoms with Gasteiger partial charge >= 0.3 is 0 Å². The highest BCUT2D eigenvalue weighted by atomic mass is 32.2. The molecule has 0 saturated carbocycles. The molecule has 0 heterocycles. The highest BCUT2D eigenvalue weighted by molar-refractivity contribution is 7.92. The zero-order chi connectivity index (χ0) is 20.0. The third-order valence-corrected chi connectivity index (χ3v) is 4.99. The Bertz CT molecular complexity index is 992. The molecule has 7 nitrogen and oxygen atoms in total. The van der Waals surface area contributed by atoms with Gasteiger partial charge in [-0.1, -0.05) is 12.1 Å². The minimum atomic E-state index is -3.67. The molecule has 0 unspecified atom stereocenters. The Morgan fingerprint density at radius 2 is 1.74 bits per heavy atom. The topological polar surface area (TPSA) is 107 Å². The van der Waals surface area contributed by atoms with Crippen LogP contribution < -0.4 is 9.62 Å². The second-order valence-electron chi connectivity index (χ2n) is 5.90. The summed E-state index contributed by atoms with van der Waals surface area (Å²) >= 11 is 0. The number of carbonyl (C=O) groups is 2. The standard InChI is InChI=1S/C19H19N3O4S/c1-14(23)15-7-9-17(10-8-15)21-19(24)11-12-22(27(2,25)26)18-6-4-3-5-16(18)13-20/h3-10H,11-12H2,1-2H3,(H,21,24). The summed E-state index contributed by atoms with van der Waals surface area (Å²) in [5.41, 5.74) is 1.49. The average Bonchev–Trinajstić information content (AvgIpc) is 2.61. The number of hydrogen-bond acceptors (Lipinski definition) is 5.